The minimum Gasteiger partial charge on any atom is -0.481 e. The van der Waals surface area contributed by atoms with Gasteiger partial charge in [0.15, 0.2) is 6.29 Å². The minimum absolute atomic E-state index is 0.108. The molecule has 0 bridgehead atoms. The van der Waals surface area contributed by atoms with Crippen molar-refractivity contribution in [3.8, 4) is 0 Å². The molecule has 32 heavy (non-hydrogen) atoms. The van der Waals surface area contributed by atoms with Crippen LogP contribution in [0.3, 0.4) is 0 Å². The molecule has 1 aromatic rings. The van der Waals surface area contributed by atoms with Gasteiger partial charge in [0.25, 0.3) is 10.1 Å². The van der Waals surface area contributed by atoms with Gasteiger partial charge in [0, 0.05) is 25.4 Å². The molecule has 0 radical (unpaired) electrons. The van der Waals surface area contributed by atoms with Crippen LogP contribution in [0.25, 0.3) is 0 Å². The van der Waals surface area contributed by atoms with Gasteiger partial charge in [-0.2, -0.15) is 8.42 Å². The van der Waals surface area contributed by atoms with Crippen molar-refractivity contribution in [2.24, 2.45) is 17.8 Å². The summed E-state index contributed by atoms with van der Waals surface area (Å²) < 4.78 is 41.1. The third-order valence-electron chi connectivity index (χ3n) is 5.40. The summed E-state index contributed by atoms with van der Waals surface area (Å²) in [6.07, 6.45) is -3.97. The van der Waals surface area contributed by atoms with E-state index in [-0.39, 0.29) is 4.90 Å². The molecular formula is C20H26O11S. The Hall–Kier alpha value is -2.54. The molecular weight excluding hydrogens is 448 g/mol. The van der Waals surface area contributed by atoms with Crippen LogP contribution < -0.4 is 0 Å². The van der Waals surface area contributed by atoms with Crippen molar-refractivity contribution < 1.29 is 51.8 Å². The molecule has 12 heteroatoms. The van der Waals surface area contributed by atoms with Crippen LogP contribution in [0.4, 0.5) is 0 Å². The Bertz CT molecular complexity index is 925. The van der Waals surface area contributed by atoms with E-state index in [0.29, 0.717) is 0 Å². The van der Waals surface area contributed by atoms with Gasteiger partial charge in [-0.25, -0.2) is 0 Å². The van der Waals surface area contributed by atoms with Crippen LogP contribution in [-0.4, -0.2) is 67.8 Å². The van der Waals surface area contributed by atoms with Crippen LogP contribution in [0.5, 0.6) is 0 Å². The third-order valence-corrected chi connectivity index (χ3v) is 6.69. The maximum Gasteiger partial charge on any atom is 0.303 e. The first-order chi connectivity index (χ1) is 14.9. The number of aliphatic carboxylic acids is 3. The van der Waals surface area contributed by atoms with E-state index >= 15 is 0 Å². The van der Waals surface area contributed by atoms with Gasteiger partial charge in [-0.05, 0) is 25.0 Å². The number of aryl methyl sites for hydroxylation is 1. The average Bonchev–Trinajstić information content (AvgIpc) is 2.69. The number of carbonyl (C=O) groups is 3. The Morgan fingerprint density at radius 2 is 1.41 bits per heavy atom. The fourth-order valence-electron chi connectivity index (χ4n) is 3.93. The number of ether oxygens (including phenoxy) is 2. The Balaban J connectivity index is 2.33. The maximum atomic E-state index is 12.5. The van der Waals surface area contributed by atoms with Gasteiger partial charge in [0.2, 0.25) is 0 Å². The van der Waals surface area contributed by atoms with Crippen molar-refractivity contribution in [1.29, 1.82) is 0 Å². The van der Waals surface area contributed by atoms with Crippen LogP contribution in [0.15, 0.2) is 29.2 Å². The molecule has 1 fully saturated rings. The molecule has 1 heterocycles. The summed E-state index contributed by atoms with van der Waals surface area (Å²) in [4.78, 5) is 34.1. The monoisotopic (exact) mass is 474 g/mol. The Labute approximate surface area is 185 Å². The number of carboxylic acids is 3. The molecule has 0 aromatic heterocycles. The lowest BCUT2D eigenvalue weighted by atomic mass is 9.71. The highest BCUT2D eigenvalue weighted by molar-refractivity contribution is 7.86. The number of rotatable bonds is 11. The topological polar surface area (TPSA) is 174 Å². The summed E-state index contributed by atoms with van der Waals surface area (Å²) in [5.74, 6) is -6.71. The second-order valence-corrected chi connectivity index (χ2v) is 9.23. The van der Waals surface area contributed by atoms with Crippen molar-refractivity contribution in [2.45, 2.75) is 43.5 Å². The number of hydrogen-bond acceptors (Lipinski definition) is 8. The second-order valence-electron chi connectivity index (χ2n) is 7.62. The lowest BCUT2D eigenvalue weighted by Crippen LogP contribution is -2.52. The summed E-state index contributed by atoms with van der Waals surface area (Å²) >= 11 is 0. The predicted octanol–water partition coefficient (Wildman–Crippen LogP) is 1.34. The van der Waals surface area contributed by atoms with Crippen LogP contribution in [0.2, 0.25) is 0 Å². The SMILES string of the molecule is COC1OC(COS(=O)(=O)c2ccc(C)cc2)C(CC(=O)O)C(CC(=O)O)C1CC(=O)O. The highest BCUT2D eigenvalue weighted by Gasteiger charge is 2.48. The smallest absolute Gasteiger partial charge is 0.303 e. The number of methoxy groups -OCH3 is 1. The summed E-state index contributed by atoms with van der Waals surface area (Å²) in [5.41, 5.74) is 0.838. The highest BCUT2D eigenvalue weighted by Crippen LogP contribution is 2.42. The normalized spacial score (nSPS) is 25.9. The molecule has 11 nitrogen and oxygen atoms in total. The zero-order chi connectivity index (χ0) is 24.1. The van der Waals surface area contributed by atoms with Gasteiger partial charge in [0.1, 0.15) is 0 Å². The first-order valence-corrected chi connectivity index (χ1v) is 11.1. The van der Waals surface area contributed by atoms with E-state index in [0.717, 1.165) is 5.56 Å². The van der Waals surface area contributed by atoms with Gasteiger partial charge in [-0.15, -0.1) is 0 Å². The predicted molar refractivity (Wildman–Crippen MR) is 107 cm³/mol. The Morgan fingerprint density at radius 1 is 0.906 bits per heavy atom. The van der Waals surface area contributed by atoms with E-state index in [1.54, 1.807) is 19.1 Å². The number of carboxylic acid groups (broad SMARTS) is 3. The van der Waals surface area contributed by atoms with Crippen LogP contribution in [0.1, 0.15) is 24.8 Å². The van der Waals surface area contributed by atoms with Gasteiger partial charge in [-0.3, -0.25) is 18.6 Å². The Morgan fingerprint density at radius 3 is 1.91 bits per heavy atom. The first kappa shape index (κ1) is 25.7. The van der Waals surface area contributed by atoms with E-state index in [4.69, 9.17) is 13.7 Å². The van der Waals surface area contributed by atoms with Gasteiger partial charge in [0.05, 0.1) is 30.4 Å². The maximum absolute atomic E-state index is 12.5. The van der Waals surface area contributed by atoms with E-state index in [9.17, 15) is 38.1 Å². The summed E-state index contributed by atoms with van der Waals surface area (Å²) in [5, 5.41) is 27.9. The van der Waals surface area contributed by atoms with Crippen LogP contribution >= 0.6 is 0 Å². The van der Waals surface area contributed by atoms with E-state index in [1.807, 2.05) is 0 Å². The molecule has 1 aliphatic heterocycles. The van der Waals surface area contributed by atoms with E-state index in [1.165, 1.54) is 19.2 Å². The third kappa shape index (κ3) is 6.73. The summed E-state index contributed by atoms with van der Waals surface area (Å²) in [7, 11) is -2.97. The second kappa shape index (κ2) is 10.9. The average molecular weight is 474 g/mol. The summed E-state index contributed by atoms with van der Waals surface area (Å²) in [6.45, 7) is 1.19. The van der Waals surface area contributed by atoms with Crippen molar-refractivity contribution in [3.63, 3.8) is 0 Å². The lowest BCUT2D eigenvalue weighted by Gasteiger charge is -2.45. The lowest BCUT2D eigenvalue weighted by molar-refractivity contribution is -0.254. The molecule has 0 aliphatic carbocycles. The quantitative estimate of drug-likeness (QED) is 0.395. The molecule has 1 aliphatic rings. The van der Waals surface area contributed by atoms with Crippen LogP contribution in [-0.2, 0) is 38.2 Å². The molecule has 1 saturated heterocycles. The zero-order valence-corrected chi connectivity index (χ0v) is 18.4. The fraction of sp³-hybridized carbons (Fsp3) is 0.550. The fourth-order valence-corrected chi connectivity index (χ4v) is 4.85. The molecule has 5 unspecified atom stereocenters. The first-order valence-electron chi connectivity index (χ1n) is 9.74. The van der Waals surface area contributed by atoms with E-state index in [2.05, 4.69) is 0 Å². The van der Waals surface area contributed by atoms with Crippen molar-refractivity contribution in [3.05, 3.63) is 29.8 Å². The van der Waals surface area contributed by atoms with Gasteiger partial charge < -0.3 is 24.8 Å². The van der Waals surface area contributed by atoms with Gasteiger partial charge in [-0.1, -0.05) is 17.7 Å². The standard InChI is InChI=1S/C20H26O11S/c1-11-3-5-12(6-4-11)32(27,28)30-10-16-14(8-18(23)24)13(7-17(21)22)15(9-19(25)26)20(29-2)31-16/h3-6,13-16,20H,7-10H2,1-2H3,(H,21,22)(H,23,24)(H,25,26). The molecule has 0 spiro atoms. The van der Waals surface area contributed by atoms with Crippen molar-refractivity contribution >= 4 is 28.0 Å². The molecule has 1 aromatic carbocycles. The Kier molecular flexibility index (Phi) is 8.73. The zero-order valence-electron chi connectivity index (χ0n) is 17.5. The molecule has 5 atom stereocenters. The molecule has 178 valence electrons. The van der Waals surface area contributed by atoms with Crippen LogP contribution in [0, 0.1) is 24.7 Å². The number of benzene rings is 1. The largest absolute Gasteiger partial charge is 0.481 e. The molecule has 2 rings (SSSR count). The summed E-state index contributed by atoms with van der Waals surface area (Å²) in [6, 6.07) is 5.88. The molecule has 0 saturated carbocycles. The van der Waals surface area contributed by atoms with Crippen molar-refractivity contribution in [2.75, 3.05) is 13.7 Å². The van der Waals surface area contributed by atoms with Gasteiger partial charge >= 0.3 is 17.9 Å². The highest BCUT2D eigenvalue weighted by atomic mass is 32.2. The van der Waals surface area contributed by atoms with E-state index < -0.39 is 84.0 Å². The molecule has 0 amide bonds. The minimum atomic E-state index is -4.20. The molecule has 3 N–H and O–H groups in total. The number of hydrogen-bond donors (Lipinski definition) is 3. The van der Waals surface area contributed by atoms with Crippen molar-refractivity contribution in [1.82, 2.24) is 0 Å².